The van der Waals surface area contributed by atoms with E-state index in [2.05, 4.69) is 0 Å². The van der Waals surface area contributed by atoms with E-state index in [4.69, 9.17) is 16.6 Å². The van der Waals surface area contributed by atoms with Crippen LogP contribution in [-0.2, 0) is 4.79 Å². The lowest BCUT2D eigenvalue weighted by atomic mass is 10.1. The van der Waals surface area contributed by atoms with Gasteiger partial charge in [0, 0.05) is 11.6 Å². The summed E-state index contributed by atoms with van der Waals surface area (Å²) >= 11 is 0. The summed E-state index contributed by atoms with van der Waals surface area (Å²) in [4.78, 5) is 10.4. The minimum atomic E-state index is -1.59. The predicted molar refractivity (Wildman–Crippen MR) is 45.3 cm³/mol. The van der Waals surface area contributed by atoms with E-state index in [-0.39, 0.29) is 5.69 Å². The van der Waals surface area contributed by atoms with Crippen LogP contribution in [0.5, 0.6) is 0 Å². The minimum absolute atomic E-state index is 0.385. The number of halogens is 2. The van der Waals surface area contributed by atoms with E-state index in [1.165, 1.54) is 0 Å². The molecule has 1 aromatic carbocycles. The first-order valence-corrected chi connectivity index (χ1v) is 3.66. The lowest BCUT2D eigenvalue weighted by molar-refractivity contribution is -0.138. The van der Waals surface area contributed by atoms with Gasteiger partial charge < -0.3 is 16.6 Å². The molecule has 0 radical (unpaired) electrons. The molecular weight excluding hydrogens is 194 g/mol. The average Bonchev–Trinajstić information content (AvgIpc) is 2.10. The summed E-state index contributed by atoms with van der Waals surface area (Å²) in [6, 6.07) is -0.207. The first-order valence-electron chi connectivity index (χ1n) is 3.66. The van der Waals surface area contributed by atoms with Gasteiger partial charge in [-0.2, -0.15) is 0 Å². The molecule has 0 aliphatic heterocycles. The van der Waals surface area contributed by atoms with Gasteiger partial charge in [0.15, 0.2) is 0 Å². The van der Waals surface area contributed by atoms with Crippen molar-refractivity contribution in [3.05, 3.63) is 29.3 Å². The lowest BCUT2D eigenvalue weighted by Gasteiger charge is -2.08. The summed E-state index contributed by atoms with van der Waals surface area (Å²) in [6.45, 7) is 0. The second kappa shape index (κ2) is 3.59. The van der Waals surface area contributed by atoms with Gasteiger partial charge in [0.2, 0.25) is 0 Å². The summed E-state index contributed by atoms with van der Waals surface area (Å²) in [5.41, 5.74) is 9.36. The smallest absolute Gasteiger partial charge is 0.325 e. The molecule has 0 spiro atoms. The number of hydrogen-bond donors (Lipinski definition) is 3. The lowest BCUT2D eigenvalue weighted by Crippen LogP contribution is -2.22. The Kier molecular flexibility index (Phi) is 2.66. The van der Waals surface area contributed by atoms with Gasteiger partial charge >= 0.3 is 5.97 Å². The Balaban J connectivity index is 3.22. The molecule has 0 aliphatic rings. The highest BCUT2D eigenvalue weighted by Gasteiger charge is 2.20. The SMILES string of the molecule is Nc1cc(F)c([C@H](N)C(=O)O)cc1F. The highest BCUT2D eigenvalue weighted by molar-refractivity contribution is 5.75. The van der Waals surface area contributed by atoms with E-state index < -0.39 is 29.2 Å². The van der Waals surface area contributed by atoms with Crippen LogP contribution in [0.2, 0.25) is 0 Å². The van der Waals surface area contributed by atoms with Crippen molar-refractivity contribution >= 4 is 11.7 Å². The van der Waals surface area contributed by atoms with Crippen LogP contribution < -0.4 is 11.5 Å². The number of carboxylic acids is 1. The maximum absolute atomic E-state index is 13.1. The van der Waals surface area contributed by atoms with Gasteiger partial charge in [0.05, 0.1) is 5.69 Å². The molecular formula is C8H8F2N2O2. The second-order valence-electron chi connectivity index (χ2n) is 2.71. The van der Waals surface area contributed by atoms with Crippen LogP contribution in [0.15, 0.2) is 12.1 Å². The molecule has 1 aromatic rings. The summed E-state index contributed by atoms with van der Waals surface area (Å²) in [6.07, 6.45) is 0. The minimum Gasteiger partial charge on any atom is -0.480 e. The molecule has 1 rings (SSSR count). The van der Waals surface area contributed by atoms with Gasteiger partial charge in [0.25, 0.3) is 0 Å². The molecule has 4 nitrogen and oxygen atoms in total. The van der Waals surface area contributed by atoms with Gasteiger partial charge in [0.1, 0.15) is 17.7 Å². The Hall–Kier alpha value is -1.69. The molecule has 0 heterocycles. The Morgan fingerprint density at radius 2 is 1.93 bits per heavy atom. The number of nitrogen functional groups attached to an aromatic ring is 1. The third kappa shape index (κ3) is 1.80. The third-order valence-electron chi connectivity index (χ3n) is 1.72. The number of carboxylic acid groups (broad SMARTS) is 1. The molecule has 0 aliphatic carbocycles. The van der Waals surface area contributed by atoms with Gasteiger partial charge in [-0.25, -0.2) is 8.78 Å². The zero-order valence-corrected chi connectivity index (χ0v) is 7.00. The summed E-state index contributed by atoms with van der Waals surface area (Å²) in [7, 11) is 0. The van der Waals surface area contributed by atoms with E-state index >= 15 is 0 Å². The van der Waals surface area contributed by atoms with E-state index in [1.54, 1.807) is 0 Å². The van der Waals surface area contributed by atoms with E-state index in [0.717, 1.165) is 0 Å². The zero-order chi connectivity index (χ0) is 10.9. The molecule has 5 N–H and O–H groups in total. The van der Waals surface area contributed by atoms with Crippen LogP contribution in [0, 0.1) is 11.6 Å². The van der Waals surface area contributed by atoms with Gasteiger partial charge in [-0.3, -0.25) is 4.79 Å². The summed E-state index contributed by atoms with van der Waals surface area (Å²) < 4.78 is 25.9. The van der Waals surface area contributed by atoms with Gasteiger partial charge in [-0.15, -0.1) is 0 Å². The van der Waals surface area contributed by atoms with Crippen molar-refractivity contribution in [2.45, 2.75) is 6.04 Å². The Bertz CT molecular complexity index is 382. The van der Waals surface area contributed by atoms with Crippen LogP contribution in [0.4, 0.5) is 14.5 Å². The second-order valence-corrected chi connectivity index (χ2v) is 2.71. The van der Waals surface area contributed by atoms with Crippen LogP contribution in [-0.4, -0.2) is 11.1 Å². The maximum Gasteiger partial charge on any atom is 0.325 e. The van der Waals surface area contributed by atoms with Crippen molar-refractivity contribution in [1.82, 2.24) is 0 Å². The molecule has 0 aromatic heterocycles. The normalized spacial score (nSPS) is 12.5. The highest BCUT2D eigenvalue weighted by Crippen LogP contribution is 2.21. The standard InChI is InChI=1S/C8H8F2N2O2/c9-4-2-6(11)5(10)1-3(4)7(12)8(13)14/h1-2,7H,11-12H2,(H,13,14)/t7-/m0/s1. The molecule has 14 heavy (non-hydrogen) atoms. The first kappa shape index (κ1) is 10.4. The van der Waals surface area contributed by atoms with Crippen LogP contribution >= 0.6 is 0 Å². The van der Waals surface area contributed by atoms with Gasteiger partial charge in [-0.05, 0) is 6.07 Å². The van der Waals surface area contributed by atoms with Crippen molar-refractivity contribution in [2.24, 2.45) is 5.73 Å². The number of rotatable bonds is 2. The van der Waals surface area contributed by atoms with E-state index in [9.17, 15) is 13.6 Å². The van der Waals surface area contributed by atoms with E-state index in [1.807, 2.05) is 0 Å². The average molecular weight is 202 g/mol. The van der Waals surface area contributed by atoms with Crippen molar-refractivity contribution in [2.75, 3.05) is 5.73 Å². The Morgan fingerprint density at radius 3 is 2.43 bits per heavy atom. The van der Waals surface area contributed by atoms with Crippen LogP contribution in [0.1, 0.15) is 11.6 Å². The molecule has 76 valence electrons. The monoisotopic (exact) mass is 202 g/mol. The molecule has 0 fully saturated rings. The van der Waals surface area contributed by atoms with Crippen molar-refractivity contribution in [3.8, 4) is 0 Å². The molecule has 0 unspecified atom stereocenters. The maximum atomic E-state index is 13.1. The number of nitrogens with two attached hydrogens (primary N) is 2. The molecule has 0 bridgehead atoms. The van der Waals surface area contributed by atoms with Gasteiger partial charge in [-0.1, -0.05) is 0 Å². The van der Waals surface area contributed by atoms with Crippen molar-refractivity contribution in [3.63, 3.8) is 0 Å². The number of hydrogen-bond acceptors (Lipinski definition) is 3. The number of anilines is 1. The highest BCUT2D eigenvalue weighted by atomic mass is 19.1. The fourth-order valence-electron chi connectivity index (χ4n) is 0.949. The first-order chi connectivity index (χ1) is 6.43. The number of benzene rings is 1. The molecule has 6 heteroatoms. The molecule has 0 amide bonds. The Morgan fingerprint density at radius 1 is 1.36 bits per heavy atom. The third-order valence-corrected chi connectivity index (χ3v) is 1.72. The van der Waals surface area contributed by atoms with Crippen molar-refractivity contribution < 1.29 is 18.7 Å². The number of aliphatic carboxylic acids is 1. The Labute approximate surface area is 78.1 Å². The zero-order valence-electron chi connectivity index (χ0n) is 7.00. The predicted octanol–water partition coefficient (Wildman–Crippen LogP) is 0.631. The van der Waals surface area contributed by atoms with Crippen LogP contribution in [0.25, 0.3) is 0 Å². The molecule has 1 atom stereocenters. The number of carbonyl (C=O) groups is 1. The quantitative estimate of drug-likeness (QED) is 0.613. The fourth-order valence-corrected chi connectivity index (χ4v) is 0.949. The van der Waals surface area contributed by atoms with Crippen molar-refractivity contribution in [1.29, 1.82) is 0 Å². The molecule has 0 saturated carbocycles. The van der Waals surface area contributed by atoms with Crippen LogP contribution in [0.3, 0.4) is 0 Å². The topological polar surface area (TPSA) is 89.3 Å². The summed E-state index contributed by atoms with van der Waals surface area (Å²) in [5.74, 6) is -3.26. The fraction of sp³-hybridized carbons (Fsp3) is 0.125. The largest absolute Gasteiger partial charge is 0.480 e. The van der Waals surface area contributed by atoms with E-state index in [0.29, 0.717) is 12.1 Å². The molecule has 0 saturated heterocycles. The summed E-state index contributed by atoms with van der Waals surface area (Å²) in [5, 5.41) is 8.47.